The van der Waals surface area contributed by atoms with Crippen LogP contribution in [0, 0.1) is 0 Å². The lowest BCUT2D eigenvalue weighted by Crippen LogP contribution is -2.16. The van der Waals surface area contributed by atoms with Gasteiger partial charge in [-0.2, -0.15) is 0 Å². The second kappa shape index (κ2) is 5.84. The summed E-state index contributed by atoms with van der Waals surface area (Å²) in [7, 11) is -7.51. The molecule has 8 heteroatoms. The van der Waals surface area contributed by atoms with E-state index in [1.165, 1.54) is 24.3 Å². The molecule has 0 aliphatic heterocycles. The summed E-state index contributed by atoms with van der Waals surface area (Å²) in [5.74, 6) is -0.201. The van der Waals surface area contributed by atoms with Crippen LogP contribution in [0.5, 0.6) is 0 Å². The topological polar surface area (TPSA) is 106 Å². The van der Waals surface area contributed by atoms with Gasteiger partial charge in [-0.05, 0) is 23.8 Å². The van der Waals surface area contributed by atoms with E-state index in [1.807, 2.05) is 0 Å². The van der Waals surface area contributed by atoms with Gasteiger partial charge in [-0.25, -0.2) is 22.0 Å². The maximum Gasteiger partial charge on any atom is 0.238 e. The lowest BCUT2D eigenvalue weighted by atomic mass is 10.2. The second-order valence-electron chi connectivity index (χ2n) is 4.42. The number of primary sulfonamides is 1. The van der Waals surface area contributed by atoms with Crippen LogP contribution in [0.15, 0.2) is 59.5 Å². The minimum Gasteiger partial charge on any atom is -0.283 e. The summed E-state index contributed by atoms with van der Waals surface area (Å²) in [5.41, 5.74) is 0.782. The highest BCUT2D eigenvalue weighted by Gasteiger charge is 2.14. The van der Waals surface area contributed by atoms with Crippen LogP contribution in [-0.4, -0.2) is 16.8 Å². The lowest BCUT2D eigenvalue weighted by Gasteiger charge is -2.09. The van der Waals surface area contributed by atoms with Gasteiger partial charge in [0, 0.05) is 5.69 Å². The van der Waals surface area contributed by atoms with Crippen LogP contribution in [0.1, 0.15) is 5.56 Å². The number of sulfonamides is 2. The minimum atomic E-state index is -3.87. The Labute approximate surface area is 123 Å². The molecule has 0 saturated heterocycles. The predicted molar refractivity (Wildman–Crippen MR) is 80.5 cm³/mol. The molecule has 0 radical (unpaired) electrons. The van der Waals surface area contributed by atoms with Gasteiger partial charge in [0.25, 0.3) is 0 Å². The first-order valence-electron chi connectivity index (χ1n) is 5.93. The third kappa shape index (κ3) is 4.55. The van der Waals surface area contributed by atoms with Crippen LogP contribution in [0.3, 0.4) is 0 Å². The SMILES string of the molecule is NS(=O)(=O)c1cccc(NS(=O)(=O)Cc2ccccc2)c1. The molecule has 0 aromatic heterocycles. The molecule has 2 aromatic carbocycles. The van der Waals surface area contributed by atoms with Crippen molar-refractivity contribution in [2.24, 2.45) is 5.14 Å². The van der Waals surface area contributed by atoms with Crippen molar-refractivity contribution in [3.05, 3.63) is 60.2 Å². The van der Waals surface area contributed by atoms with E-state index in [-0.39, 0.29) is 16.3 Å². The van der Waals surface area contributed by atoms with E-state index in [4.69, 9.17) is 5.14 Å². The van der Waals surface area contributed by atoms with E-state index in [0.717, 1.165) is 0 Å². The van der Waals surface area contributed by atoms with Crippen LogP contribution < -0.4 is 9.86 Å². The summed E-state index contributed by atoms with van der Waals surface area (Å²) in [6.07, 6.45) is 0. The molecule has 0 aliphatic carbocycles. The monoisotopic (exact) mass is 326 g/mol. The first-order valence-corrected chi connectivity index (χ1v) is 9.13. The third-order valence-electron chi connectivity index (χ3n) is 2.64. The fourth-order valence-corrected chi connectivity index (χ4v) is 3.49. The van der Waals surface area contributed by atoms with Crippen LogP contribution >= 0.6 is 0 Å². The van der Waals surface area contributed by atoms with Crippen molar-refractivity contribution >= 4 is 25.7 Å². The van der Waals surface area contributed by atoms with E-state index in [2.05, 4.69) is 4.72 Å². The molecule has 0 amide bonds. The van der Waals surface area contributed by atoms with Crippen LogP contribution in [0.2, 0.25) is 0 Å². The molecule has 2 rings (SSSR count). The van der Waals surface area contributed by atoms with E-state index in [9.17, 15) is 16.8 Å². The van der Waals surface area contributed by atoms with Gasteiger partial charge in [-0.1, -0.05) is 36.4 Å². The molecule has 3 N–H and O–H groups in total. The predicted octanol–water partition coefficient (Wildman–Crippen LogP) is 1.28. The van der Waals surface area contributed by atoms with Gasteiger partial charge in [0.15, 0.2) is 0 Å². The van der Waals surface area contributed by atoms with Crippen molar-refractivity contribution in [2.75, 3.05) is 4.72 Å². The van der Waals surface area contributed by atoms with Gasteiger partial charge in [0.1, 0.15) is 0 Å². The van der Waals surface area contributed by atoms with Crippen molar-refractivity contribution in [2.45, 2.75) is 10.6 Å². The molecule has 0 spiro atoms. The highest BCUT2D eigenvalue weighted by atomic mass is 32.2. The van der Waals surface area contributed by atoms with E-state index >= 15 is 0 Å². The number of hydrogen-bond donors (Lipinski definition) is 2. The van der Waals surface area contributed by atoms with Crippen molar-refractivity contribution in [1.29, 1.82) is 0 Å². The van der Waals surface area contributed by atoms with Crippen LogP contribution in [0.25, 0.3) is 0 Å². The standard InChI is InChI=1S/C13H14N2O4S2/c14-21(18,19)13-8-4-7-12(9-13)15-20(16,17)10-11-5-2-1-3-6-11/h1-9,15H,10H2,(H2,14,18,19). The zero-order valence-corrected chi connectivity index (χ0v) is 12.6. The number of hydrogen-bond acceptors (Lipinski definition) is 4. The Morgan fingerprint density at radius 3 is 2.19 bits per heavy atom. The summed E-state index contributed by atoms with van der Waals surface area (Å²) in [6, 6.07) is 14.0. The molecule has 6 nitrogen and oxygen atoms in total. The first kappa shape index (κ1) is 15.5. The molecule has 0 saturated carbocycles. The van der Waals surface area contributed by atoms with E-state index < -0.39 is 20.0 Å². The van der Waals surface area contributed by atoms with Gasteiger partial charge in [0.2, 0.25) is 20.0 Å². The highest BCUT2D eigenvalue weighted by Crippen LogP contribution is 2.17. The van der Waals surface area contributed by atoms with E-state index in [1.54, 1.807) is 30.3 Å². The zero-order valence-electron chi connectivity index (χ0n) is 10.9. The van der Waals surface area contributed by atoms with Gasteiger partial charge in [-0.15, -0.1) is 0 Å². The lowest BCUT2D eigenvalue weighted by molar-refractivity contribution is 0.596. The summed E-state index contributed by atoms with van der Waals surface area (Å²) >= 11 is 0. The van der Waals surface area contributed by atoms with E-state index in [0.29, 0.717) is 5.56 Å². The van der Waals surface area contributed by atoms with Gasteiger partial charge >= 0.3 is 0 Å². The Hall–Kier alpha value is -1.90. The van der Waals surface area contributed by atoms with Crippen molar-refractivity contribution < 1.29 is 16.8 Å². The molecule has 0 fully saturated rings. The molecule has 0 heterocycles. The van der Waals surface area contributed by atoms with Crippen molar-refractivity contribution in [3.8, 4) is 0 Å². The Morgan fingerprint density at radius 2 is 1.57 bits per heavy atom. The first-order chi connectivity index (χ1) is 9.76. The largest absolute Gasteiger partial charge is 0.283 e. The fraction of sp³-hybridized carbons (Fsp3) is 0.0769. The maximum absolute atomic E-state index is 12.0. The van der Waals surface area contributed by atoms with Gasteiger partial charge in [0.05, 0.1) is 10.6 Å². The molecule has 112 valence electrons. The average Bonchev–Trinajstić information content (AvgIpc) is 2.38. The van der Waals surface area contributed by atoms with Crippen molar-refractivity contribution in [3.63, 3.8) is 0 Å². The average molecular weight is 326 g/mol. The molecule has 2 aromatic rings. The quantitative estimate of drug-likeness (QED) is 0.863. The summed E-state index contributed by atoms with van der Waals surface area (Å²) in [6.45, 7) is 0. The maximum atomic E-state index is 12.0. The summed E-state index contributed by atoms with van der Waals surface area (Å²) in [4.78, 5) is -0.151. The zero-order chi connectivity index (χ0) is 15.5. The molecular formula is C13H14N2O4S2. The number of nitrogens with one attached hydrogen (secondary N) is 1. The minimum absolute atomic E-state index is 0.150. The summed E-state index contributed by atoms with van der Waals surface area (Å²) in [5, 5.41) is 5.01. The number of rotatable bonds is 5. The Balaban J connectivity index is 2.21. The third-order valence-corrected chi connectivity index (χ3v) is 4.81. The Kier molecular flexibility index (Phi) is 4.31. The second-order valence-corrected chi connectivity index (χ2v) is 7.70. The highest BCUT2D eigenvalue weighted by molar-refractivity contribution is 7.92. The smallest absolute Gasteiger partial charge is 0.238 e. The normalized spacial score (nSPS) is 12.0. The molecule has 21 heavy (non-hydrogen) atoms. The Morgan fingerprint density at radius 1 is 0.905 bits per heavy atom. The number of nitrogens with two attached hydrogens (primary N) is 1. The fourth-order valence-electron chi connectivity index (χ4n) is 1.75. The van der Waals surface area contributed by atoms with Crippen molar-refractivity contribution in [1.82, 2.24) is 0 Å². The van der Waals surface area contributed by atoms with Crippen LogP contribution in [-0.2, 0) is 25.8 Å². The molecule has 0 atom stereocenters. The Bertz CT molecular complexity index is 831. The molecule has 0 aliphatic rings. The van der Waals surface area contributed by atoms with Gasteiger partial charge < -0.3 is 0 Å². The van der Waals surface area contributed by atoms with Gasteiger partial charge in [-0.3, -0.25) is 4.72 Å². The molecule has 0 unspecified atom stereocenters. The number of anilines is 1. The number of benzene rings is 2. The summed E-state index contributed by atoms with van der Waals surface area (Å²) < 4.78 is 48.9. The van der Waals surface area contributed by atoms with Crippen LogP contribution in [0.4, 0.5) is 5.69 Å². The molecular weight excluding hydrogens is 312 g/mol. The molecule has 0 bridgehead atoms.